The number of amides is 4. The van der Waals surface area contributed by atoms with Crippen LogP contribution in [0, 0.1) is 5.92 Å². The van der Waals surface area contributed by atoms with E-state index in [0.29, 0.717) is 50.4 Å². The predicted octanol–water partition coefficient (Wildman–Crippen LogP) is 2.56. The maximum atomic E-state index is 13.8. The molecule has 0 aromatic heterocycles. The second kappa shape index (κ2) is 17.2. The summed E-state index contributed by atoms with van der Waals surface area (Å²) in [6, 6.07) is 6.78. The monoisotopic (exact) mass is 619 g/mol. The highest BCUT2D eigenvalue weighted by Gasteiger charge is 2.37. The molecule has 1 saturated carbocycles. The molecule has 43 heavy (non-hydrogen) atoms. The molecule has 1 saturated heterocycles. The van der Waals surface area contributed by atoms with Crippen LogP contribution >= 0.6 is 11.8 Å². The number of nitrogens with zero attached hydrogens (tertiary/aromatic N) is 1. The van der Waals surface area contributed by atoms with E-state index in [1.54, 1.807) is 16.7 Å². The third-order valence-electron chi connectivity index (χ3n) is 8.71. The molecule has 11 heteroatoms. The van der Waals surface area contributed by atoms with Crippen LogP contribution < -0.4 is 21.7 Å². The van der Waals surface area contributed by atoms with Crippen molar-refractivity contribution in [1.29, 1.82) is 0 Å². The number of nitrogens with one attached hydrogen (secondary N) is 3. The van der Waals surface area contributed by atoms with Crippen LogP contribution in [0.15, 0.2) is 30.3 Å². The maximum absolute atomic E-state index is 13.8. The number of hydrogen-bond acceptors (Lipinski definition) is 7. The maximum Gasteiger partial charge on any atom is 0.318 e. The number of carbonyl (C=O) groups is 3. The van der Waals surface area contributed by atoms with Crippen LogP contribution in [0.2, 0.25) is 0 Å². The van der Waals surface area contributed by atoms with E-state index < -0.39 is 41.6 Å². The number of rotatable bonds is 14. The van der Waals surface area contributed by atoms with E-state index in [2.05, 4.69) is 16.0 Å². The zero-order valence-corrected chi connectivity index (χ0v) is 26.9. The fourth-order valence-corrected chi connectivity index (χ4v) is 6.47. The first-order valence-electron chi connectivity index (χ1n) is 15.8. The van der Waals surface area contributed by atoms with E-state index in [4.69, 9.17) is 5.73 Å². The molecular formula is C32H53N5O5S. The zero-order valence-electron chi connectivity index (χ0n) is 26.1. The Bertz CT molecular complexity index is 1010. The fourth-order valence-electron chi connectivity index (χ4n) is 6.00. The largest absolute Gasteiger partial charge is 0.388 e. The highest BCUT2D eigenvalue weighted by atomic mass is 32.2. The van der Waals surface area contributed by atoms with Gasteiger partial charge in [-0.3, -0.25) is 9.59 Å². The molecule has 0 radical (unpaired) electrons. The molecule has 4 atom stereocenters. The molecule has 0 bridgehead atoms. The Kier molecular flexibility index (Phi) is 14.1. The van der Waals surface area contributed by atoms with E-state index in [1.807, 2.05) is 36.6 Å². The number of carbonyl (C=O) groups excluding carboxylic acids is 3. The Morgan fingerprint density at radius 3 is 2.21 bits per heavy atom. The van der Waals surface area contributed by atoms with Gasteiger partial charge in [0.25, 0.3) is 0 Å². The van der Waals surface area contributed by atoms with Crippen molar-refractivity contribution in [3.05, 3.63) is 35.9 Å². The SMILES string of the molecule is CSCC[C@H](NC(=O)[C@H](Cc1ccccc1)NC(=O)N1CCC(N)CC1)C(=O)N[C@@H](CC1CCCCC1)[C@H](O)C(C)(C)O. The molecule has 1 aromatic carbocycles. The van der Waals surface area contributed by atoms with Gasteiger partial charge in [0.1, 0.15) is 18.2 Å². The molecule has 2 aliphatic rings. The first kappa shape index (κ1) is 35.1. The average Bonchev–Trinajstić information content (AvgIpc) is 2.98. The van der Waals surface area contributed by atoms with Crippen molar-refractivity contribution in [2.45, 2.75) is 114 Å². The summed E-state index contributed by atoms with van der Waals surface area (Å²) >= 11 is 1.57. The highest BCUT2D eigenvalue weighted by molar-refractivity contribution is 7.98. The van der Waals surface area contributed by atoms with Crippen LogP contribution in [0.25, 0.3) is 0 Å². The quantitative estimate of drug-likeness (QED) is 0.187. The van der Waals surface area contributed by atoms with E-state index in [9.17, 15) is 24.6 Å². The van der Waals surface area contributed by atoms with Gasteiger partial charge in [0, 0.05) is 25.6 Å². The number of likely N-dealkylation sites (tertiary alicyclic amines) is 1. The van der Waals surface area contributed by atoms with Crippen molar-refractivity contribution in [2.24, 2.45) is 11.7 Å². The lowest BCUT2D eigenvalue weighted by atomic mass is 9.81. The Hall–Kier alpha value is -2.34. The Morgan fingerprint density at radius 2 is 1.60 bits per heavy atom. The Morgan fingerprint density at radius 1 is 0.977 bits per heavy atom. The molecule has 3 rings (SSSR count). The van der Waals surface area contributed by atoms with Gasteiger partial charge in [0.05, 0.1) is 11.6 Å². The summed E-state index contributed by atoms with van der Waals surface area (Å²) in [5.41, 5.74) is 5.48. The number of piperidine rings is 1. The zero-order chi connectivity index (χ0) is 31.4. The molecule has 2 fully saturated rings. The van der Waals surface area contributed by atoms with Gasteiger partial charge in [-0.2, -0.15) is 11.8 Å². The second-order valence-electron chi connectivity index (χ2n) is 12.8. The first-order chi connectivity index (χ1) is 20.5. The molecular weight excluding hydrogens is 566 g/mol. The van der Waals surface area contributed by atoms with E-state index in [-0.39, 0.29) is 18.5 Å². The Balaban J connectivity index is 1.75. The number of hydrogen-bond donors (Lipinski definition) is 6. The second-order valence-corrected chi connectivity index (χ2v) is 13.8. The molecule has 1 aliphatic carbocycles. The summed E-state index contributed by atoms with van der Waals surface area (Å²) < 4.78 is 0. The topological polar surface area (TPSA) is 157 Å². The summed E-state index contributed by atoms with van der Waals surface area (Å²) in [5, 5.41) is 30.5. The van der Waals surface area contributed by atoms with Crippen molar-refractivity contribution in [1.82, 2.24) is 20.9 Å². The number of nitrogens with two attached hydrogens (primary N) is 1. The number of benzene rings is 1. The van der Waals surface area contributed by atoms with Gasteiger partial charge in [-0.1, -0.05) is 62.4 Å². The van der Waals surface area contributed by atoms with Crippen LogP contribution in [0.1, 0.15) is 77.2 Å². The molecule has 1 aromatic rings. The third kappa shape index (κ3) is 11.6. The molecule has 1 aliphatic heterocycles. The average molecular weight is 620 g/mol. The lowest BCUT2D eigenvalue weighted by molar-refractivity contribution is -0.132. The van der Waals surface area contributed by atoms with Crippen LogP contribution in [0.5, 0.6) is 0 Å². The summed E-state index contributed by atoms with van der Waals surface area (Å²) in [6.07, 6.45) is 8.88. The van der Waals surface area contributed by atoms with Crippen molar-refractivity contribution >= 4 is 29.6 Å². The summed E-state index contributed by atoms with van der Waals surface area (Å²) in [5.74, 6) is 0.133. The van der Waals surface area contributed by atoms with Gasteiger partial charge in [-0.15, -0.1) is 0 Å². The van der Waals surface area contributed by atoms with E-state index in [1.165, 1.54) is 20.3 Å². The smallest absolute Gasteiger partial charge is 0.318 e. The van der Waals surface area contributed by atoms with Crippen molar-refractivity contribution in [2.75, 3.05) is 25.1 Å². The normalized spacial score (nSPS) is 19.6. The molecule has 4 amide bonds. The number of urea groups is 1. The fraction of sp³-hybridized carbons (Fsp3) is 0.719. The summed E-state index contributed by atoms with van der Waals surface area (Å²) in [6.45, 7) is 4.13. The van der Waals surface area contributed by atoms with Crippen LogP contribution in [-0.4, -0.2) is 93.9 Å². The van der Waals surface area contributed by atoms with Crippen LogP contribution in [-0.2, 0) is 16.0 Å². The third-order valence-corrected chi connectivity index (χ3v) is 9.36. The minimum absolute atomic E-state index is 0.0695. The van der Waals surface area contributed by atoms with Crippen molar-refractivity contribution < 1.29 is 24.6 Å². The van der Waals surface area contributed by atoms with Crippen LogP contribution in [0.4, 0.5) is 4.79 Å². The van der Waals surface area contributed by atoms with Crippen LogP contribution in [0.3, 0.4) is 0 Å². The molecule has 10 nitrogen and oxygen atoms in total. The number of aliphatic hydroxyl groups excluding tert-OH is 1. The van der Waals surface area contributed by atoms with Gasteiger partial charge >= 0.3 is 6.03 Å². The van der Waals surface area contributed by atoms with E-state index >= 15 is 0 Å². The van der Waals surface area contributed by atoms with Gasteiger partial charge in [0.2, 0.25) is 11.8 Å². The Labute approximate surface area is 261 Å². The van der Waals surface area contributed by atoms with Crippen molar-refractivity contribution in [3.63, 3.8) is 0 Å². The molecule has 7 N–H and O–H groups in total. The standard InChI is InChI=1S/C32H53N5O5S/c1-32(2,42)28(38)26(20-22-10-6-4-7-11-22)35-29(39)25(16-19-43-3)34-30(40)27(21-23-12-8-5-9-13-23)36-31(41)37-17-14-24(33)15-18-37/h5,8-9,12-13,22,24-28,38,42H,4,6-7,10-11,14-21,33H2,1-3H3,(H,34,40)(H,35,39)(H,36,41)/t25-,26-,27-,28-/m0/s1. The molecule has 1 heterocycles. The van der Waals surface area contributed by atoms with Gasteiger partial charge < -0.3 is 36.8 Å². The number of aliphatic hydroxyl groups is 2. The molecule has 242 valence electrons. The number of thioether (sulfide) groups is 1. The predicted molar refractivity (Wildman–Crippen MR) is 172 cm³/mol. The van der Waals surface area contributed by atoms with Crippen molar-refractivity contribution in [3.8, 4) is 0 Å². The minimum atomic E-state index is -1.41. The van der Waals surface area contributed by atoms with Gasteiger partial charge in [0.15, 0.2) is 0 Å². The minimum Gasteiger partial charge on any atom is -0.388 e. The molecule has 0 unspecified atom stereocenters. The highest BCUT2D eigenvalue weighted by Crippen LogP contribution is 2.29. The summed E-state index contributed by atoms with van der Waals surface area (Å²) in [4.78, 5) is 42.3. The first-order valence-corrected chi connectivity index (χ1v) is 17.2. The van der Waals surface area contributed by atoms with Gasteiger partial charge in [-0.05, 0) is 63.0 Å². The van der Waals surface area contributed by atoms with Gasteiger partial charge in [-0.25, -0.2) is 4.79 Å². The van der Waals surface area contributed by atoms with E-state index in [0.717, 1.165) is 31.2 Å². The molecule has 0 spiro atoms. The summed E-state index contributed by atoms with van der Waals surface area (Å²) in [7, 11) is 0. The lowest BCUT2D eigenvalue weighted by Gasteiger charge is -2.36. The lowest BCUT2D eigenvalue weighted by Crippen LogP contribution is -2.60.